The molecule has 1 aliphatic carbocycles. The van der Waals surface area contributed by atoms with Crippen molar-refractivity contribution in [1.82, 2.24) is 15.3 Å². The number of nitrogens with zero attached hydrogens (tertiary/aromatic N) is 2. The standard InChI is InChI=1S/C17H18N4O3S3/c1-8-13-9(2)20-15(10-3-4-10)21-17(13)26-14(8)16(22)19-7-11-5-6-12(25-11)27(18,23)24/h5-6,10H,3-4,7H2,1-2H3,(H,19,22)(H2,18,23,24). The van der Waals surface area contributed by atoms with Crippen molar-refractivity contribution in [3.63, 3.8) is 0 Å². The van der Waals surface area contributed by atoms with Crippen LogP contribution >= 0.6 is 22.7 Å². The fourth-order valence-corrected chi connectivity index (χ4v) is 5.83. The van der Waals surface area contributed by atoms with Gasteiger partial charge in [-0.15, -0.1) is 22.7 Å². The van der Waals surface area contributed by atoms with Crippen molar-refractivity contribution in [2.24, 2.45) is 5.14 Å². The van der Waals surface area contributed by atoms with Crippen molar-refractivity contribution in [3.8, 4) is 0 Å². The Kier molecular flexibility index (Phi) is 4.53. The average Bonchev–Trinajstić information content (AvgIpc) is 3.23. The van der Waals surface area contributed by atoms with E-state index in [0.717, 1.165) is 56.4 Å². The molecule has 27 heavy (non-hydrogen) atoms. The van der Waals surface area contributed by atoms with Gasteiger partial charge >= 0.3 is 0 Å². The predicted molar refractivity (Wildman–Crippen MR) is 106 cm³/mol. The highest BCUT2D eigenvalue weighted by Crippen LogP contribution is 2.40. The maximum atomic E-state index is 12.7. The third-order valence-corrected chi connectivity index (χ3v) is 8.19. The minimum absolute atomic E-state index is 0.0864. The molecule has 0 atom stereocenters. The summed E-state index contributed by atoms with van der Waals surface area (Å²) in [6.07, 6.45) is 2.26. The number of aromatic nitrogens is 2. The predicted octanol–water partition coefficient (Wildman–Crippen LogP) is 2.82. The maximum Gasteiger partial charge on any atom is 0.262 e. The van der Waals surface area contributed by atoms with Crippen molar-refractivity contribution in [1.29, 1.82) is 0 Å². The third-order valence-electron chi connectivity index (χ3n) is 4.48. The molecule has 10 heteroatoms. The van der Waals surface area contributed by atoms with Crippen LogP contribution < -0.4 is 10.5 Å². The summed E-state index contributed by atoms with van der Waals surface area (Å²) in [5.41, 5.74) is 1.79. The van der Waals surface area contributed by atoms with E-state index in [0.29, 0.717) is 10.8 Å². The van der Waals surface area contributed by atoms with Gasteiger partial charge < -0.3 is 5.32 Å². The molecular weight excluding hydrogens is 404 g/mol. The first-order chi connectivity index (χ1) is 12.7. The molecule has 0 radical (unpaired) electrons. The number of carbonyl (C=O) groups excluding carboxylic acids is 1. The Hall–Kier alpha value is -1.88. The number of aryl methyl sites for hydroxylation is 2. The first-order valence-electron chi connectivity index (χ1n) is 8.41. The quantitative estimate of drug-likeness (QED) is 0.656. The van der Waals surface area contributed by atoms with E-state index in [9.17, 15) is 13.2 Å². The first-order valence-corrected chi connectivity index (χ1v) is 11.6. The Morgan fingerprint density at radius 2 is 2.00 bits per heavy atom. The second kappa shape index (κ2) is 6.62. The number of thiophene rings is 2. The summed E-state index contributed by atoms with van der Waals surface area (Å²) in [5, 5.41) is 8.91. The van der Waals surface area contributed by atoms with E-state index in [4.69, 9.17) is 5.14 Å². The Labute approximate surface area is 164 Å². The van der Waals surface area contributed by atoms with E-state index in [-0.39, 0.29) is 16.7 Å². The van der Waals surface area contributed by atoms with Gasteiger partial charge in [-0.3, -0.25) is 4.79 Å². The van der Waals surface area contributed by atoms with Crippen LogP contribution in [0.2, 0.25) is 0 Å². The number of primary sulfonamides is 1. The lowest BCUT2D eigenvalue weighted by molar-refractivity contribution is 0.0955. The number of fused-ring (bicyclic) bond motifs is 1. The van der Waals surface area contributed by atoms with Crippen molar-refractivity contribution in [2.45, 2.75) is 43.4 Å². The van der Waals surface area contributed by atoms with Gasteiger partial charge in [0.15, 0.2) is 0 Å². The second-order valence-electron chi connectivity index (χ2n) is 6.63. The maximum absolute atomic E-state index is 12.7. The van der Waals surface area contributed by atoms with Gasteiger partial charge in [-0.2, -0.15) is 0 Å². The van der Waals surface area contributed by atoms with Gasteiger partial charge in [0.1, 0.15) is 14.9 Å². The van der Waals surface area contributed by atoms with Gasteiger partial charge in [-0.25, -0.2) is 23.5 Å². The van der Waals surface area contributed by atoms with Crippen LogP contribution in [0.3, 0.4) is 0 Å². The lowest BCUT2D eigenvalue weighted by Crippen LogP contribution is -2.22. The van der Waals surface area contributed by atoms with E-state index in [1.54, 1.807) is 6.07 Å². The summed E-state index contributed by atoms with van der Waals surface area (Å²) < 4.78 is 22.8. The Morgan fingerprint density at radius 1 is 1.26 bits per heavy atom. The SMILES string of the molecule is Cc1nc(C2CC2)nc2sc(C(=O)NCc3ccc(S(N)(=O)=O)s3)c(C)c12. The third kappa shape index (κ3) is 3.62. The number of sulfonamides is 1. The molecule has 0 unspecified atom stereocenters. The Balaban J connectivity index is 1.56. The van der Waals surface area contributed by atoms with E-state index < -0.39 is 10.0 Å². The zero-order valence-corrected chi connectivity index (χ0v) is 17.2. The first kappa shape index (κ1) is 18.5. The topological polar surface area (TPSA) is 115 Å². The van der Waals surface area contributed by atoms with Crippen molar-refractivity contribution < 1.29 is 13.2 Å². The number of hydrogen-bond donors (Lipinski definition) is 2. The number of nitrogens with one attached hydrogen (secondary N) is 1. The molecule has 142 valence electrons. The molecule has 3 N–H and O–H groups in total. The molecule has 0 aromatic carbocycles. The number of hydrogen-bond acceptors (Lipinski definition) is 7. The lowest BCUT2D eigenvalue weighted by Gasteiger charge is -2.03. The Morgan fingerprint density at radius 3 is 2.63 bits per heavy atom. The number of nitrogens with two attached hydrogens (primary N) is 1. The van der Waals surface area contributed by atoms with Gasteiger partial charge in [-0.05, 0) is 44.4 Å². The summed E-state index contributed by atoms with van der Waals surface area (Å²) in [6, 6.07) is 3.10. The molecule has 3 aromatic heterocycles. The number of amides is 1. The van der Waals surface area contributed by atoms with Gasteiger partial charge in [0, 0.05) is 16.2 Å². The zero-order valence-electron chi connectivity index (χ0n) is 14.8. The molecule has 3 heterocycles. The minimum atomic E-state index is -3.71. The molecule has 7 nitrogen and oxygen atoms in total. The molecule has 1 saturated carbocycles. The monoisotopic (exact) mass is 422 g/mol. The molecule has 4 rings (SSSR count). The van der Waals surface area contributed by atoms with Crippen LogP contribution in [0.15, 0.2) is 16.3 Å². The molecule has 1 fully saturated rings. The molecule has 0 spiro atoms. The van der Waals surface area contributed by atoms with Crippen LogP contribution in [0.1, 0.15) is 50.4 Å². The molecular formula is C17H18N4O3S3. The van der Waals surface area contributed by atoms with Crippen molar-refractivity contribution in [2.75, 3.05) is 0 Å². The van der Waals surface area contributed by atoms with E-state index >= 15 is 0 Å². The number of carbonyl (C=O) groups is 1. The summed E-state index contributed by atoms with van der Waals surface area (Å²) in [4.78, 5) is 24.1. The fourth-order valence-electron chi connectivity index (χ4n) is 2.95. The van der Waals surface area contributed by atoms with Crippen molar-refractivity contribution >= 4 is 48.8 Å². The van der Waals surface area contributed by atoms with E-state index in [1.165, 1.54) is 17.4 Å². The largest absolute Gasteiger partial charge is 0.346 e. The van der Waals surface area contributed by atoms with Gasteiger partial charge in [0.25, 0.3) is 5.91 Å². The van der Waals surface area contributed by atoms with Crippen LogP contribution in [0, 0.1) is 13.8 Å². The summed E-state index contributed by atoms with van der Waals surface area (Å²) in [6.45, 7) is 4.10. The van der Waals surface area contributed by atoms with Crippen LogP contribution in [0.5, 0.6) is 0 Å². The van der Waals surface area contributed by atoms with Crippen LogP contribution in [-0.2, 0) is 16.6 Å². The molecule has 1 aliphatic rings. The molecule has 0 aliphatic heterocycles. The van der Waals surface area contributed by atoms with Gasteiger partial charge in [0.05, 0.1) is 17.1 Å². The summed E-state index contributed by atoms with van der Waals surface area (Å²) in [5.74, 6) is 1.13. The zero-order chi connectivity index (χ0) is 19.3. The fraction of sp³-hybridized carbons (Fsp3) is 0.353. The molecule has 1 amide bonds. The Bertz CT molecular complexity index is 1160. The molecule has 3 aromatic rings. The highest BCUT2D eigenvalue weighted by Gasteiger charge is 2.28. The van der Waals surface area contributed by atoms with E-state index in [1.807, 2.05) is 13.8 Å². The van der Waals surface area contributed by atoms with Crippen LogP contribution in [0.25, 0.3) is 10.2 Å². The van der Waals surface area contributed by atoms with Gasteiger partial charge in [-0.1, -0.05) is 0 Å². The number of rotatable bonds is 5. The minimum Gasteiger partial charge on any atom is -0.346 e. The van der Waals surface area contributed by atoms with E-state index in [2.05, 4.69) is 15.3 Å². The highest BCUT2D eigenvalue weighted by atomic mass is 32.2. The lowest BCUT2D eigenvalue weighted by atomic mass is 10.1. The smallest absolute Gasteiger partial charge is 0.262 e. The second-order valence-corrected chi connectivity index (χ2v) is 10.6. The van der Waals surface area contributed by atoms with Crippen LogP contribution in [0.4, 0.5) is 0 Å². The highest BCUT2D eigenvalue weighted by molar-refractivity contribution is 7.91. The molecule has 0 saturated heterocycles. The summed E-state index contributed by atoms with van der Waals surface area (Å²) in [7, 11) is -3.71. The summed E-state index contributed by atoms with van der Waals surface area (Å²) >= 11 is 2.43. The normalized spacial score (nSPS) is 14.6. The van der Waals surface area contributed by atoms with Gasteiger partial charge in [0.2, 0.25) is 10.0 Å². The molecule has 0 bridgehead atoms. The van der Waals surface area contributed by atoms with Crippen molar-refractivity contribution in [3.05, 3.63) is 39.0 Å². The van der Waals surface area contributed by atoms with Crippen LogP contribution in [-0.4, -0.2) is 24.3 Å². The average molecular weight is 423 g/mol.